The average Bonchev–Trinajstić information content (AvgIpc) is 2.69. The Labute approximate surface area is 171 Å². The van der Waals surface area contributed by atoms with Gasteiger partial charge in [0, 0.05) is 0 Å². The lowest BCUT2D eigenvalue weighted by atomic mass is 9.96. The van der Waals surface area contributed by atoms with Gasteiger partial charge in [-0.05, 0) is 5.92 Å². The molecule has 6 heteroatoms. The summed E-state index contributed by atoms with van der Waals surface area (Å²) in [7, 11) is 0. The van der Waals surface area contributed by atoms with Crippen LogP contribution in [-0.4, -0.2) is 62.8 Å². The molecule has 5 N–H and O–H groups in total. The predicted molar refractivity (Wildman–Crippen MR) is 112 cm³/mol. The molecule has 1 aliphatic rings. The van der Waals surface area contributed by atoms with Crippen LogP contribution in [0, 0.1) is 5.92 Å². The van der Waals surface area contributed by atoms with Gasteiger partial charge in [-0.2, -0.15) is 0 Å². The predicted octanol–water partition coefficient (Wildman–Crippen LogP) is 3.12. The van der Waals surface area contributed by atoms with E-state index in [0.717, 1.165) is 5.92 Å². The van der Waals surface area contributed by atoms with Crippen LogP contribution in [0.15, 0.2) is 0 Å². The molecular weight excluding hydrogens is 360 g/mol. The molecule has 6 nitrogen and oxygen atoms in total. The van der Waals surface area contributed by atoms with Crippen molar-refractivity contribution in [3.8, 4) is 0 Å². The Morgan fingerprint density at radius 1 is 0.679 bits per heavy atom. The van der Waals surface area contributed by atoms with Crippen molar-refractivity contribution in [2.75, 3.05) is 6.61 Å². The van der Waals surface area contributed by atoms with E-state index >= 15 is 0 Å². The summed E-state index contributed by atoms with van der Waals surface area (Å²) in [5.41, 5.74) is 0. The molecule has 1 rings (SSSR count). The summed E-state index contributed by atoms with van der Waals surface area (Å²) >= 11 is 0. The Balaban J connectivity index is 0.000000540. The van der Waals surface area contributed by atoms with E-state index in [-0.39, 0.29) is 0 Å². The van der Waals surface area contributed by atoms with E-state index in [1.807, 2.05) is 0 Å². The van der Waals surface area contributed by atoms with Gasteiger partial charge in [-0.1, -0.05) is 97.8 Å². The van der Waals surface area contributed by atoms with Gasteiger partial charge in [-0.25, -0.2) is 0 Å². The summed E-state index contributed by atoms with van der Waals surface area (Å²) in [4.78, 5) is 0. The van der Waals surface area contributed by atoms with E-state index in [1.165, 1.54) is 77.0 Å². The fourth-order valence-corrected chi connectivity index (χ4v) is 3.42. The Morgan fingerprint density at radius 3 is 1.64 bits per heavy atom. The standard InChI is InChI=1S/C16H34.C6H12O6/c1-4-6-8-10-11-13-15-16(3)14-12-9-7-5-2;7-1-2-3(8)4(9)5(10)6(11)12-2/h16H,4-15H2,1-3H3;2-11H,1H2/t;2-,3-,4+,5-,6?/m.1/s1. The van der Waals surface area contributed by atoms with Crippen molar-refractivity contribution >= 4 is 0 Å². The van der Waals surface area contributed by atoms with Crippen molar-refractivity contribution in [3.05, 3.63) is 0 Å². The summed E-state index contributed by atoms with van der Waals surface area (Å²) in [6.07, 6.45) is 10.3. The molecule has 0 spiro atoms. The summed E-state index contributed by atoms with van der Waals surface area (Å²) in [6, 6.07) is 0. The SMILES string of the molecule is CCCCCCCCC(C)CCCCCC.OC[C@H]1OC(O)[C@H](O)[C@@H](O)[C@@H]1O. The number of unbranched alkanes of at least 4 members (excludes halogenated alkanes) is 8. The van der Waals surface area contributed by atoms with E-state index in [2.05, 4.69) is 25.5 Å². The average molecular weight is 407 g/mol. The van der Waals surface area contributed by atoms with Gasteiger partial charge >= 0.3 is 0 Å². The first kappa shape index (κ1) is 27.8. The maximum absolute atomic E-state index is 9.12. The van der Waals surface area contributed by atoms with E-state index in [9.17, 15) is 0 Å². The molecule has 0 aliphatic carbocycles. The summed E-state index contributed by atoms with van der Waals surface area (Å²) in [6.45, 7) is 6.50. The summed E-state index contributed by atoms with van der Waals surface area (Å²) in [5, 5.41) is 44.7. The van der Waals surface area contributed by atoms with Gasteiger partial charge < -0.3 is 30.3 Å². The van der Waals surface area contributed by atoms with E-state index in [1.54, 1.807) is 0 Å². The van der Waals surface area contributed by atoms with Crippen LogP contribution in [0.25, 0.3) is 0 Å². The quantitative estimate of drug-likeness (QED) is 0.301. The zero-order chi connectivity index (χ0) is 21.4. The molecule has 0 radical (unpaired) electrons. The van der Waals surface area contributed by atoms with Crippen molar-refractivity contribution in [1.29, 1.82) is 0 Å². The zero-order valence-electron chi connectivity index (χ0n) is 18.3. The molecule has 0 aromatic heterocycles. The summed E-state index contributed by atoms with van der Waals surface area (Å²) in [5.74, 6) is 0.975. The third-order valence-electron chi connectivity index (χ3n) is 5.47. The Hall–Kier alpha value is -0.240. The first-order valence-corrected chi connectivity index (χ1v) is 11.4. The molecule has 1 fully saturated rings. The first-order chi connectivity index (χ1) is 13.4. The van der Waals surface area contributed by atoms with Gasteiger partial charge in [0.1, 0.15) is 24.4 Å². The number of hydrogen-bond acceptors (Lipinski definition) is 6. The minimum Gasteiger partial charge on any atom is -0.394 e. The van der Waals surface area contributed by atoms with Gasteiger partial charge in [-0.3, -0.25) is 0 Å². The molecule has 170 valence electrons. The van der Waals surface area contributed by atoms with Crippen molar-refractivity contribution in [1.82, 2.24) is 0 Å². The van der Waals surface area contributed by atoms with Crippen LogP contribution in [0.1, 0.15) is 97.8 Å². The highest BCUT2D eigenvalue weighted by Crippen LogP contribution is 2.19. The second kappa shape index (κ2) is 17.6. The van der Waals surface area contributed by atoms with Crippen molar-refractivity contribution in [2.24, 2.45) is 5.92 Å². The first-order valence-electron chi connectivity index (χ1n) is 11.4. The molecule has 6 atom stereocenters. The molecule has 0 bridgehead atoms. The second-order valence-corrected chi connectivity index (χ2v) is 8.23. The Bertz CT molecular complexity index is 336. The fourth-order valence-electron chi connectivity index (χ4n) is 3.42. The third kappa shape index (κ3) is 12.3. The van der Waals surface area contributed by atoms with E-state index in [4.69, 9.17) is 25.5 Å². The summed E-state index contributed by atoms with van der Waals surface area (Å²) < 4.78 is 4.58. The number of aliphatic hydroxyl groups excluding tert-OH is 5. The lowest BCUT2D eigenvalue weighted by Crippen LogP contribution is -2.58. The van der Waals surface area contributed by atoms with Crippen LogP contribution >= 0.6 is 0 Å². The van der Waals surface area contributed by atoms with Gasteiger partial charge in [0.25, 0.3) is 0 Å². The van der Waals surface area contributed by atoms with Crippen LogP contribution in [-0.2, 0) is 4.74 Å². The molecule has 1 saturated heterocycles. The van der Waals surface area contributed by atoms with E-state index < -0.39 is 37.3 Å². The smallest absolute Gasteiger partial charge is 0.184 e. The van der Waals surface area contributed by atoms with E-state index in [0.29, 0.717) is 0 Å². The topological polar surface area (TPSA) is 110 Å². The third-order valence-corrected chi connectivity index (χ3v) is 5.47. The molecule has 0 aromatic carbocycles. The highest BCUT2D eigenvalue weighted by Gasteiger charge is 2.42. The number of hydrogen-bond donors (Lipinski definition) is 5. The van der Waals surface area contributed by atoms with Crippen molar-refractivity contribution in [3.63, 3.8) is 0 Å². The van der Waals surface area contributed by atoms with Gasteiger partial charge in [0.2, 0.25) is 0 Å². The molecular formula is C22H46O6. The maximum Gasteiger partial charge on any atom is 0.184 e. The molecule has 28 heavy (non-hydrogen) atoms. The maximum atomic E-state index is 9.12. The number of rotatable bonds is 13. The lowest BCUT2D eigenvalue weighted by molar-refractivity contribution is -0.286. The molecule has 2 unspecified atom stereocenters. The van der Waals surface area contributed by atoms with Gasteiger partial charge in [-0.15, -0.1) is 0 Å². The Kier molecular flexibility index (Phi) is 17.5. The van der Waals surface area contributed by atoms with Gasteiger partial charge in [0.15, 0.2) is 6.29 Å². The molecule has 1 heterocycles. The number of ether oxygens (including phenoxy) is 1. The molecule has 0 aromatic rings. The van der Waals surface area contributed by atoms with Crippen LogP contribution in [0.3, 0.4) is 0 Å². The highest BCUT2D eigenvalue weighted by atomic mass is 16.6. The molecule has 1 aliphatic heterocycles. The molecule has 0 amide bonds. The minimum absolute atomic E-state index is 0.526. The fraction of sp³-hybridized carbons (Fsp3) is 1.00. The van der Waals surface area contributed by atoms with Crippen LogP contribution in [0.4, 0.5) is 0 Å². The molecule has 0 saturated carbocycles. The number of aliphatic hydroxyl groups is 5. The second-order valence-electron chi connectivity index (χ2n) is 8.23. The van der Waals surface area contributed by atoms with Crippen molar-refractivity contribution in [2.45, 2.75) is 129 Å². The monoisotopic (exact) mass is 406 g/mol. The van der Waals surface area contributed by atoms with Crippen LogP contribution < -0.4 is 0 Å². The Morgan fingerprint density at radius 2 is 1.14 bits per heavy atom. The van der Waals surface area contributed by atoms with Crippen molar-refractivity contribution < 1.29 is 30.3 Å². The van der Waals surface area contributed by atoms with Crippen LogP contribution in [0.5, 0.6) is 0 Å². The largest absolute Gasteiger partial charge is 0.394 e. The highest BCUT2D eigenvalue weighted by molar-refractivity contribution is 4.87. The minimum atomic E-state index is -1.57. The van der Waals surface area contributed by atoms with Gasteiger partial charge in [0.05, 0.1) is 6.61 Å². The normalized spacial score (nSPS) is 28.5. The van der Waals surface area contributed by atoms with Crippen LogP contribution in [0.2, 0.25) is 0 Å². The zero-order valence-corrected chi connectivity index (χ0v) is 18.3. The lowest BCUT2D eigenvalue weighted by Gasteiger charge is -2.37.